The number of fused-ring (bicyclic) bond motifs is 3. The highest BCUT2D eigenvalue weighted by Crippen LogP contribution is 2.52. The predicted octanol–water partition coefficient (Wildman–Crippen LogP) is 4.10. The molecule has 0 saturated carbocycles. The molecular formula is C34H39ClN2O10. The number of methoxy groups -OCH3 is 2. The van der Waals surface area contributed by atoms with Gasteiger partial charge in [-0.15, -0.1) is 0 Å². The number of halogens is 1. The van der Waals surface area contributed by atoms with Gasteiger partial charge in [-0.1, -0.05) is 11.6 Å². The van der Waals surface area contributed by atoms with E-state index in [9.17, 15) is 19.5 Å². The zero-order chi connectivity index (χ0) is 33.5. The predicted molar refractivity (Wildman–Crippen MR) is 167 cm³/mol. The molecule has 0 radical (unpaired) electrons. The van der Waals surface area contributed by atoms with Crippen molar-refractivity contribution in [1.82, 2.24) is 9.88 Å². The summed E-state index contributed by atoms with van der Waals surface area (Å²) in [6, 6.07) is 7.00. The number of carbonyl (C=O) groups excluding carboxylic acids is 3. The van der Waals surface area contributed by atoms with Crippen molar-refractivity contribution in [2.75, 3.05) is 34.1 Å². The molecule has 1 aromatic carbocycles. The monoisotopic (exact) mass is 670 g/mol. The molecule has 1 unspecified atom stereocenters. The molecule has 4 heterocycles. The van der Waals surface area contributed by atoms with Crippen LogP contribution in [-0.2, 0) is 35.0 Å². The van der Waals surface area contributed by atoms with Crippen LogP contribution in [0.2, 0.25) is 5.15 Å². The lowest BCUT2D eigenvalue weighted by Crippen LogP contribution is -2.46. The Morgan fingerprint density at radius 1 is 1.11 bits per heavy atom. The maximum Gasteiger partial charge on any atom is 0.341 e. The molecule has 0 spiro atoms. The molecule has 4 atom stereocenters. The zero-order valence-electron chi connectivity index (χ0n) is 26.9. The second-order valence-electron chi connectivity index (χ2n) is 13.0. The number of aliphatic hydroxyl groups is 1. The molecule has 3 aliphatic heterocycles. The highest BCUT2D eigenvalue weighted by molar-refractivity contribution is 6.32. The maximum absolute atomic E-state index is 14.0. The van der Waals surface area contributed by atoms with Crippen LogP contribution in [0.5, 0.6) is 11.5 Å². The van der Waals surface area contributed by atoms with Crippen LogP contribution in [0.25, 0.3) is 0 Å². The standard InChI is InChI=1S/C34H39ClN2O10/c1-33(2,47-31(39)21-7-5-12-36-30(21)35)10-6-11-34(41,17-25(38)42-3)32(40)46-29-26-22-16-24-23(44-18-45-24)15-19(22)8-13-37-14-9-20(27(26)37)28(29)43-4/h5,7,12,15-16,26-27,29,41H,6,8-11,13-14,17-18H2,1-4H3/t26-,27+,29-,34?/m0/s1. The number of benzene rings is 1. The van der Waals surface area contributed by atoms with E-state index in [1.165, 1.54) is 19.4 Å². The van der Waals surface area contributed by atoms with E-state index in [0.29, 0.717) is 17.3 Å². The molecular weight excluding hydrogens is 632 g/mol. The Morgan fingerprint density at radius 3 is 2.57 bits per heavy atom. The second kappa shape index (κ2) is 13.0. The average molecular weight is 671 g/mol. The van der Waals surface area contributed by atoms with Gasteiger partial charge in [0.15, 0.2) is 23.2 Å². The topological polar surface area (TPSA) is 143 Å². The number of pyridine rings is 1. The van der Waals surface area contributed by atoms with E-state index in [0.717, 1.165) is 42.6 Å². The third kappa shape index (κ3) is 6.38. The van der Waals surface area contributed by atoms with Crippen molar-refractivity contribution in [3.8, 4) is 11.5 Å². The summed E-state index contributed by atoms with van der Waals surface area (Å²) in [7, 11) is 2.74. The van der Waals surface area contributed by atoms with Crippen LogP contribution in [0.3, 0.4) is 0 Å². The van der Waals surface area contributed by atoms with E-state index in [-0.39, 0.29) is 48.7 Å². The van der Waals surface area contributed by atoms with E-state index in [2.05, 4.69) is 9.88 Å². The Bertz CT molecular complexity index is 1610. The molecule has 1 aliphatic carbocycles. The molecule has 0 amide bonds. The third-order valence-corrected chi connectivity index (χ3v) is 9.84. The van der Waals surface area contributed by atoms with Gasteiger partial charge >= 0.3 is 17.9 Å². The van der Waals surface area contributed by atoms with Gasteiger partial charge in [0.05, 0.1) is 26.2 Å². The smallest absolute Gasteiger partial charge is 0.341 e. The van der Waals surface area contributed by atoms with Gasteiger partial charge < -0.3 is 33.5 Å². The molecule has 1 fully saturated rings. The van der Waals surface area contributed by atoms with E-state index in [4.69, 9.17) is 40.0 Å². The van der Waals surface area contributed by atoms with Gasteiger partial charge in [-0.05, 0) is 86.9 Å². The van der Waals surface area contributed by atoms with Crippen LogP contribution in [0.4, 0.5) is 0 Å². The number of carbonyl (C=O) groups is 3. The molecule has 4 aliphatic rings. The number of nitrogens with zero attached hydrogens (tertiary/aromatic N) is 2. The number of hydrogen-bond acceptors (Lipinski definition) is 12. The van der Waals surface area contributed by atoms with Crippen LogP contribution in [-0.4, -0.2) is 90.3 Å². The SMILES string of the molecule is COC(=O)CC(O)(CCCC(C)(C)OC(=O)c1cccnc1Cl)C(=O)O[C@@H]1C(OC)=C2CCN3CCc4cc5c(cc4[C@H]1[C@@H]23)OCO5. The number of hydrogen-bond donors (Lipinski definition) is 1. The Hall–Kier alpha value is -3.87. The molecule has 12 nitrogen and oxygen atoms in total. The fourth-order valence-electron chi connectivity index (χ4n) is 7.24. The summed E-state index contributed by atoms with van der Waals surface area (Å²) in [6.45, 7) is 5.22. The summed E-state index contributed by atoms with van der Waals surface area (Å²) in [6.07, 6.45) is 1.86. The first-order valence-electron chi connectivity index (χ1n) is 15.7. The lowest BCUT2D eigenvalue weighted by molar-refractivity contribution is -0.178. The third-order valence-electron chi connectivity index (χ3n) is 9.54. The van der Waals surface area contributed by atoms with Crippen LogP contribution in [0.15, 0.2) is 41.8 Å². The van der Waals surface area contributed by atoms with Crippen molar-refractivity contribution in [2.45, 2.75) is 81.6 Å². The Labute approximate surface area is 277 Å². The Kier molecular flexibility index (Phi) is 9.12. The van der Waals surface area contributed by atoms with E-state index in [1.807, 2.05) is 12.1 Å². The Balaban J connectivity index is 1.23. The summed E-state index contributed by atoms with van der Waals surface area (Å²) in [5.41, 5.74) is 0.0149. The van der Waals surface area contributed by atoms with Crippen LogP contribution in [0, 0.1) is 0 Å². The first-order valence-corrected chi connectivity index (χ1v) is 16.1. The lowest BCUT2D eigenvalue weighted by atomic mass is 9.86. The molecule has 0 bridgehead atoms. The average Bonchev–Trinajstić information content (AvgIpc) is 3.70. The number of ether oxygens (including phenoxy) is 6. The molecule has 1 saturated heterocycles. The molecule has 2 aromatic rings. The number of rotatable bonds is 11. The normalized spacial score (nSPS) is 22.6. The minimum atomic E-state index is -2.22. The minimum Gasteiger partial charge on any atom is -0.497 e. The maximum atomic E-state index is 14.0. The summed E-state index contributed by atoms with van der Waals surface area (Å²) in [4.78, 5) is 45.6. The molecule has 1 aromatic heterocycles. The van der Waals surface area contributed by atoms with Gasteiger partial charge in [-0.25, -0.2) is 14.6 Å². The molecule has 252 valence electrons. The molecule has 13 heteroatoms. The van der Waals surface area contributed by atoms with Gasteiger partial charge in [-0.2, -0.15) is 0 Å². The molecule has 1 N–H and O–H groups in total. The fourth-order valence-corrected chi connectivity index (χ4v) is 7.44. The quantitative estimate of drug-likeness (QED) is 0.209. The van der Waals surface area contributed by atoms with Gasteiger partial charge in [0.1, 0.15) is 16.5 Å². The van der Waals surface area contributed by atoms with Crippen LogP contribution < -0.4 is 9.47 Å². The number of aromatic nitrogens is 1. The van der Waals surface area contributed by atoms with Crippen molar-refractivity contribution in [2.24, 2.45) is 0 Å². The summed E-state index contributed by atoms with van der Waals surface area (Å²) < 4.78 is 34.0. The van der Waals surface area contributed by atoms with Crippen LogP contribution >= 0.6 is 11.6 Å². The summed E-state index contributed by atoms with van der Waals surface area (Å²) >= 11 is 6.06. The minimum absolute atomic E-state index is 0.0228. The first kappa shape index (κ1) is 33.0. The van der Waals surface area contributed by atoms with Crippen molar-refractivity contribution in [3.05, 3.63) is 63.6 Å². The number of esters is 3. The summed E-state index contributed by atoms with van der Waals surface area (Å²) in [5, 5.41) is 11.8. The lowest BCUT2D eigenvalue weighted by Gasteiger charge is -2.33. The molecule has 47 heavy (non-hydrogen) atoms. The van der Waals surface area contributed by atoms with Gasteiger partial charge in [0, 0.05) is 31.2 Å². The van der Waals surface area contributed by atoms with E-state index < -0.39 is 41.6 Å². The second-order valence-corrected chi connectivity index (χ2v) is 13.3. The van der Waals surface area contributed by atoms with Gasteiger partial charge in [0.2, 0.25) is 6.79 Å². The van der Waals surface area contributed by atoms with Gasteiger partial charge in [-0.3, -0.25) is 9.69 Å². The van der Waals surface area contributed by atoms with Crippen molar-refractivity contribution < 1.29 is 47.9 Å². The highest BCUT2D eigenvalue weighted by Gasteiger charge is 2.55. The van der Waals surface area contributed by atoms with Crippen molar-refractivity contribution in [3.63, 3.8) is 0 Å². The van der Waals surface area contributed by atoms with Crippen LogP contribution in [0.1, 0.15) is 73.4 Å². The molecule has 6 rings (SSSR count). The van der Waals surface area contributed by atoms with E-state index >= 15 is 0 Å². The van der Waals surface area contributed by atoms with Crippen molar-refractivity contribution in [1.29, 1.82) is 0 Å². The largest absolute Gasteiger partial charge is 0.497 e. The van der Waals surface area contributed by atoms with Gasteiger partial charge in [0.25, 0.3) is 0 Å². The zero-order valence-corrected chi connectivity index (χ0v) is 27.6. The fraction of sp³-hybridized carbons (Fsp3) is 0.529. The van der Waals surface area contributed by atoms with E-state index in [1.54, 1.807) is 27.0 Å². The first-order chi connectivity index (χ1) is 22.4. The Morgan fingerprint density at radius 2 is 1.85 bits per heavy atom. The summed E-state index contributed by atoms with van der Waals surface area (Å²) in [5.74, 6) is -0.829. The highest BCUT2D eigenvalue weighted by atomic mass is 35.5. The van der Waals surface area contributed by atoms with Crippen molar-refractivity contribution >= 4 is 29.5 Å².